The lowest BCUT2D eigenvalue weighted by Gasteiger charge is -2.47. The molecule has 1 aromatic rings. The minimum absolute atomic E-state index is 0.259. The van der Waals surface area contributed by atoms with Gasteiger partial charge >= 0.3 is 0 Å². The summed E-state index contributed by atoms with van der Waals surface area (Å²) in [5.41, 5.74) is 7.92. The molecular formula is C19H32N2. The molecule has 1 saturated carbocycles. The second-order valence-corrected chi connectivity index (χ2v) is 6.60. The van der Waals surface area contributed by atoms with Gasteiger partial charge in [-0.1, -0.05) is 50.6 Å². The maximum absolute atomic E-state index is 6.23. The number of hydrogen-bond donors (Lipinski definition) is 1. The van der Waals surface area contributed by atoms with Crippen molar-refractivity contribution in [3.63, 3.8) is 0 Å². The van der Waals surface area contributed by atoms with E-state index in [2.05, 4.69) is 49.1 Å². The van der Waals surface area contributed by atoms with Gasteiger partial charge in [0.2, 0.25) is 0 Å². The zero-order valence-electron chi connectivity index (χ0n) is 13.9. The standard InChI is InChI=1S/C19H32N2/c1-3-17-10-13-19(16-20,14-11-17)21(4-2)15-12-18-8-6-5-7-9-18/h5-9,17H,3-4,10-16,20H2,1-2H3. The van der Waals surface area contributed by atoms with Crippen LogP contribution in [0, 0.1) is 5.92 Å². The van der Waals surface area contributed by atoms with Crippen LogP contribution in [0.3, 0.4) is 0 Å². The molecule has 0 radical (unpaired) electrons. The van der Waals surface area contributed by atoms with Crippen molar-refractivity contribution in [2.24, 2.45) is 11.7 Å². The van der Waals surface area contributed by atoms with Gasteiger partial charge in [0.05, 0.1) is 0 Å². The Morgan fingerprint density at radius 2 is 1.81 bits per heavy atom. The third-order valence-corrected chi connectivity index (χ3v) is 5.56. The van der Waals surface area contributed by atoms with Crippen LogP contribution in [0.1, 0.15) is 51.5 Å². The van der Waals surface area contributed by atoms with Gasteiger partial charge in [0.15, 0.2) is 0 Å². The van der Waals surface area contributed by atoms with E-state index in [4.69, 9.17) is 5.73 Å². The van der Waals surface area contributed by atoms with Crippen LogP contribution in [0.25, 0.3) is 0 Å². The van der Waals surface area contributed by atoms with Gasteiger partial charge in [-0.25, -0.2) is 0 Å². The molecule has 1 aromatic carbocycles. The van der Waals surface area contributed by atoms with Gasteiger partial charge in [-0.3, -0.25) is 4.90 Å². The summed E-state index contributed by atoms with van der Waals surface area (Å²) in [6.07, 6.45) is 7.74. The molecule has 0 aliphatic heterocycles. The zero-order valence-corrected chi connectivity index (χ0v) is 13.9. The third kappa shape index (κ3) is 4.08. The van der Waals surface area contributed by atoms with Gasteiger partial charge in [-0.2, -0.15) is 0 Å². The van der Waals surface area contributed by atoms with Crippen LogP contribution in [0.4, 0.5) is 0 Å². The fourth-order valence-corrected chi connectivity index (χ4v) is 3.91. The first kappa shape index (κ1) is 16.5. The minimum atomic E-state index is 0.259. The number of benzene rings is 1. The topological polar surface area (TPSA) is 29.3 Å². The maximum atomic E-state index is 6.23. The molecule has 1 aliphatic carbocycles. The summed E-state index contributed by atoms with van der Waals surface area (Å²) >= 11 is 0. The molecule has 2 N–H and O–H groups in total. The molecule has 2 heteroatoms. The highest BCUT2D eigenvalue weighted by Crippen LogP contribution is 2.37. The number of hydrogen-bond acceptors (Lipinski definition) is 2. The smallest absolute Gasteiger partial charge is 0.0331 e. The van der Waals surface area contributed by atoms with Crippen molar-refractivity contribution in [2.45, 2.75) is 57.9 Å². The molecule has 1 aliphatic rings. The van der Waals surface area contributed by atoms with Crippen molar-refractivity contribution in [3.8, 4) is 0 Å². The third-order valence-electron chi connectivity index (χ3n) is 5.56. The van der Waals surface area contributed by atoms with Crippen molar-refractivity contribution in [3.05, 3.63) is 35.9 Å². The number of rotatable bonds is 7. The lowest BCUT2D eigenvalue weighted by Crippen LogP contribution is -2.56. The number of nitrogens with two attached hydrogens (primary N) is 1. The van der Waals surface area contributed by atoms with Crippen LogP contribution in [-0.2, 0) is 6.42 Å². The minimum Gasteiger partial charge on any atom is -0.329 e. The Kier molecular flexibility index (Phi) is 6.25. The van der Waals surface area contributed by atoms with Crippen molar-refractivity contribution < 1.29 is 0 Å². The number of likely N-dealkylation sites (N-methyl/N-ethyl adjacent to an activating group) is 1. The highest BCUT2D eigenvalue weighted by atomic mass is 15.2. The second kappa shape index (κ2) is 7.95. The Balaban J connectivity index is 1.97. The van der Waals surface area contributed by atoms with E-state index in [0.29, 0.717) is 0 Å². The summed E-state index contributed by atoms with van der Waals surface area (Å²) in [4.78, 5) is 2.66. The monoisotopic (exact) mass is 288 g/mol. The second-order valence-electron chi connectivity index (χ2n) is 6.60. The molecule has 0 atom stereocenters. The molecule has 0 aromatic heterocycles. The Morgan fingerprint density at radius 3 is 2.33 bits per heavy atom. The summed E-state index contributed by atoms with van der Waals surface area (Å²) in [5.74, 6) is 0.928. The maximum Gasteiger partial charge on any atom is 0.0331 e. The zero-order chi connectivity index (χ0) is 15.1. The Bertz CT molecular complexity index is 393. The normalized spacial score (nSPS) is 26.2. The van der Waals surface area contributed by atoms with Gasteiger partial charge in [-0.05, 0) is 50.1 Å². The molecule has 2 rings (SSSR count). The molecule has 0 amide bonds. The first-order valence-electron chi connectivity index (χ1n) is 8.73. The van der Waals surface area contributed by atoms with Crippen molar-refractivity contribution in [1.29, 1.82) is 0 Å². The number of nitrogens with zero attached hydrogens (tertiary/aromatic N) is 1. The van der Waals surface area contributed by atoms with Gasteiger partial charge in [0.1, 0.15) is 0 Å². The van der Waals surface area contributed by atoms with Crippen LogP contribution in [0.2, 0.25) is 0 Å². The predicted molar refractivity (Wildman–Crippen MR) is 91.4 cm³/mol. The van der Waals surface area contributed by atoms with E-state index >= 15 is 0 Å². The van der Waals surface area contributed by atoms with Gasteiger partial charge in [-0.15, -0.1) is 0 Å². The van der Waals surface area contributed by atoms with Gasteiger partial charge in [0, 0.05) is 18.6 Å². The SMILES string of the molecule is CCC1CCC(CN)(N(CC)CCc2ccccc2)CC1. The fourth-order valence-electron chi connectivity index (χ4n) is 3.91. The van der Waals surface area contributed by atoms with Crippen molar-refractivity contribution in [2.75, 3.05) is 19.6 Å². The van der Waals surface area contributed by atoms with E-state index in [0.717, 1.165) is 32.0 Å². The first-order valence-corrected chi connectivity index (χ1v) is 8.73. The fraction of sp³-hybridized carbons (Fsp3) is 0.684. The summed E-state index contributed by atoms with van der Waals surface area (Å²) in [6.45, 7) is 7.67. The summed E-state index contributed by atoms with van der Waals surface area (Å²) in [7, 11) is 0. The van der Waals surface area contributed by atoms with Crippen LogP contribution >= 0.6 is 0 Å². The van der Waals surface area contributed by atoms with E-state index in [9.17, 15) is 0 Å². The van der Waals surface area contributed by atoms with Crippen LogP contribution < -0.4 is 5.73 Å². The van der Waals surface area contributed by atoms with E-state index < -0.39 is 0 Å². The predicted octanol–water partition coefficient (Wildman–Crippen LogP) is 3.85. The van der Waals surface area contributed by atoms with Gasteiger partial charge < -0.3 is 5.73 Å². The highest BCUT2D eigenvalue weighted by Gasteiger charge is 2.37. The summed E-state index contributed by atoms with van der Waals surface area (Å²) < 4.78 is 0. The van der Waals surface area contributed by atoms with E-state index in [-0.39, 0.29) is 5.54 Å². The molecule has 0 saturated heterocycles. The molecule has 0 spiro atoms. The van der Waals surface area contributed by atoms with Crippen molar-refractivity contribution >= 4 is 0 Å². The Labute approximate surface area is 130 Å². The van der Waals surface area contributed by atoms with Crippen LogP contribution in [-0.4, -0.2) is 30.1 Å². The average molecular weight is 288 g/mol. The van der Waals surface area contributed by atoms with Crippen LogP contribution in [0.5, 0.6) is 0 Å². The molecular weight excluding hydrogens is 256 g/mol. The summed E-state index contributed by atoms with van der Waals surface area (Å²) in [5, 5.41) is 0. The largest absolute Gasteiger partial charge is 0.329 e. The molecule has 0 heterocycles. The molecule has 21 heavy (non-hydrogen) atoms. The lowest BCUT2D eigenvalue weighted by molar-refractivity contribution is 0.0467. The average Bonchev–Trinajstić information content (AvgIpc) is 2.56. The molecule has 1 fully saturated rings. The lowest BCUT2D eigenvalue weighted by atomic mass is 9.74. The molecule has 0 bridgehead atoms. The first-order chi connectivity index (χ1) is 10.2. The van der Waals surface area contributed by atoms with E-state index in [1.165, 1.54) is 37.7 Å². The van der Waals surface area contributed by atoms with Gasteiger partial charge in [0.25, 0.3) is 0 Å². The van der Waals surface area contributed by atoms with E-state index in [1.54, 1.807) is 0 Å². The Hall–Kier alpha value is -0.860. The van der Waals surface area contributed by atoms with Crippen molar-refractivity contribution in [1.82, 2.24) is 4.90 Å². The molecule has 0 unspecified atom stereocenters. The quantitative estimate of drug-likeness (QED) is 0.826. The summed E-state index contributed by atoms with van der Waals surface area (Å²) in [6, 6.07) is 10.8. The Morgan fingerprint density at radius 1 is 1.14 bits per heavy atom. The molecule has 2 nitrogen and oxygen atoms in total. The van der Waals surface area contributed by atoms with E-state index in [1.807, 2.05) is 0 Å². The molecule has 118 valence electrons. The van der Waals surface area contributed by atoms with Crippen LogP contribution in [0.15, 0.2) is 30.3 Å². The highest BCUT2D eigenvalue weighted by molar-refractivity contribution is 5.15.